The van der Waals surface area contributed by atoms with Crippen molar-refractivity contribution >= 4 is 39.1 Å². The number of hydrogen-bond acceptors (Lipinski definition) is 2. The van der Waals surface area contributed by atoms with Crippen LogP contribution >= 0.6 is 39.1 Å². The fourth-order valence-electron chi connectivity index (χ4n) is 1.62. The fourth-order valence-corrected chi connectivity index (χ4v) is 2.34. The van der Waals surface area contributed by atoms with Gasteiger partial charge in [-0.05, 0) is 36.8 Å². The molecule has 2 aromatic rings. The fraction of sp³-hybridized carbons (Fsp3) is 0.214. The van der Waals surface area contributed by atoms with Gasteiger partial charge in [0.2, 0.25) is 0 Å². The maximum atomic E-state index is 5.97. The molecule has 1 heterocycles. The number of benzene rings is 1. The zero-order valence-corrected chi connectivity index (χ0v) is 13.4. The maximum Gasteiger partial charge on any atom is 0.142 e. The van der Waals surface area contributed by atoms with Gasteiger partial charge in [-0.3, -0.25) is 4.98 Å². The van der Waals surface area contributed by atoms with Gasteiger partial charge in [-0.2, -0.15) is 0 Å². The summed E-state index contributed by atoms with van der Waals surface area (Å²) >= 11 is 15.3. The maximum absolute atomic E-state index is 5.97. The smallest absolute Gasteiger partial charge is 0.142 e. The molecular formula is C14H12BrCl2NO. The minimum absolute atomic E-state index is 0.432. The third-order valence-corrected chi connectivity index (χ3v) is 3.85. The molecule has 1 aromatic heterocycles. The highest BCUT2D eigenvalue weighted by atomic mass is 79.9. The first-order valence-electron chi connectivity index (χ1n) is 5.69. The first-order chi connectivity index (χ1) is 9.10. The molecule has 0 bridgehead atoms. The number of aromatic nitrogens is 1. The number of ether oxygens (including phenoxy) is 1. The molecule has 0 aliphatic rings. The van der Waals surface area contributed by atoms with Crippen molar-refractivity contribution < 1.29 is 4.74 Å². The molecule has 0 radical (unpaired) electrons. The first kappa shape index (κ1) is 14.6. The molecule has 0 aliphatic carbocycles. The van der Waals surface area contributed by atoms with E-state index in [0.717, 1.165) is 22.7 Å². The predicted octanol–water partition coefficient (Wildman–Crippen LogP) is 5.17. The van der Waals surface area contributed by atoms with E-state index in [9.17, 15) is 0 Å². The lowest BCUT2D eigenvalue weighted by Gasteiger charge is -2.10. The summed E-state index contributed by atoms with van der Waals surface area (Å²) in [6.07, 6.45) is 0. The van der Waals surface area contributed by atoms with Crippen molar-refractivity contribution in [3.8, 4) is 5.75 Å². The highest BCUT2D eigenvalue weighted by molar-refractivity contribution is 9.08. The molecule has 0 unspecified atom stereocenters. The van der Waals surface area contributed by atoms with Gasteiger partial charge in [0, 0.05) is 11.0 Å². The van der Waals surface area contributed by atoms with Crippen LogP contribution in [-0.2, 0) is 11.9 Å². The molecule has 0 saturated carbocycles. The number of hydrogen-bond donors (Lipinski definition) is 0. The van der Waals surface area contributed by atoms with Crippen LogP contribution in [0, 0.1) is 6.92 Å². The molecule has 19 heavy (non-hydrogen) atoms. The van der Waals surface area contributed by atoms with E-state index in [4.69, 9.17) is 27.9 Å². The Kier molecular flexibility index (Phi) is 5.08. The van der Waals surface area contributed by atoms with Gasteiger partial charge in [0.25, 0.3) is 0 Å². The van der Waals surface area contributed by atoms with Crippen LogP contribution in [0.2, 0.25) is 10.0 Å². The number of rotatable bonds is 4. The summed E-state index contributed by atoms with van der Waals surface area (Å²) in [7, 11) is 0. The summed E-state index contributed by atoms with van der Waals surface area (Å²) in [4.78, 5) is 4.42. The molecule has 0 aliphatic heterocycles. The average Bonchev–Trinajstić information content (AvgIpc) is 2.41. The largest absolute Gasteiger partial charge is 0.487 e. The van der Waals surface area contributed by atoms with E-state index < -0.39 is 0 Å². The van der Waals surface area contributed by atoms with Crippen LogP contribution in [0.3, 0.4) is 0 Å². The van der Waals surface area contributed by atoms with Gasteiger partial charge < -0.3 is 4.74 Å². The van der Waals surface area contributed by atoms with E-state index in [0.29, 0.717) is 22.0 Å². The van der Waals surface area contributed by atoms with Crippen LogP contribution in [0.4, 0.5) is 0 Å². The van der Waals surface area contributed by atoms with Crippen molar-refractivity contribution in [2.75, 3.05) is 0 Å². The lowest BCUT2D eigenvalue weighted by atomic mass is 10.2. The Bertz CT molecular complexity index is 590. The minimum Gasteiger partial charge on any atom is -0.487 e. The quantitative estimate of drug-likeness (QED) is 0.701. The Morgan fingerprint density at radius 2 is 1.95 bits per heavy atom. The summed E-state index contributed by atoms with van der Waals surface area (Å²) in [5.74, 6) is 0.772. The van der Waals surface area contributed by atoms with Gasteiger partial charge in [0.1, 0.15) is 12.4 Å². The molecule has 2 nitrogen and oxygen atoms in total. The van der Waals surface area contributed by atoms with Crippen molar-refractivity contribution in [2.24, 2.45) is 0 Å². The molecule has 2 rings (SSSR count). The number of nitrogens with zero attached hydrogens (tertiary/aromatic N) is 1. The second-order valence-corrected chi connectivity index (χ2v) is 5.44. The average molecular weight is 361 g/mol. The van der Waals surface area contributed by atoms with Crippen LogP contribution in [0.25, 0.3) is 0 Å². The van der Waals surface area contributed by atoms with E-state index in [1.807, 2.05) is 25.1 Å². The first-order valence-corrected chi connectivity index (χ1v) is 7.57. The van der Waals surface area contributed by atoms with E-state index in [2.05, 4.69) is 20.9 Å². The number of aryl methyl sites for hydroxylation is 1. The summed E-state index contributed by atoms with van der Waals surface area (Å²) in [5.41, 5.74) is 2.83. The Hall–Kier alpha value is -0.770. The van der Waals surface area contributed by atoms with E-state index in [1.165, 1.54) is 0 Å². The minimum atomic E-state index is 0.432. The Labute approximate surface area is 130 Å². The molecule has 5 heteroatoms. The van der Waals surface area contributed by atoms with Crippen molar-refractivity contribution in [3.05, 3.63) is 57.3 Å². The molecule has 0 atom stereocenters. The van der Waals surface area contributed by atoms with Gasteiger partial charge in [-0.25, -0.2) is 0 Å². The topological polar surface area (TPSA) is 22.1 Å². The predicted molar refractivity (Wildman–Crippen MR) is 82.4 cm³/mol. The molecule has 100 valence electrons. The van der Waals surface area contributed by atoms with E-state index in [-0.39, 0.29) is 0 Å². The molecule has 1 aromatic carbocycles. The number of alkyl halides is 1. The molecular weight excluding hydrogens is 349 g/mol. The van der Waals surface area contributed by atoms with Crippen LogP contribution in [0.1, 0.15) is 17.0 Å². The summed E-state index contributed by atoms with van der Waals surface area (Å²) < 4.78 is 5.77. The van der Waals surface area contributed by atoms with E-state index >= 15 is 0 Å². The lowest BCUT2D eigenvalue weighted by molar-refractivity contribution is 0.302. The summed E-state index contributed by atoms with van der Waals surface area (Å²) in [6, 6.07) is 9.32. The van der Waals surface area contributed by atoms with Gasteiger partial charge in [-0.1, -0.05) is 45.2 Å². The SMILES string of the molecule is Cc1ccc(OCc2ccc(Cl)c(Cl)c2)c(CBr)n1. The van der Waals surface area contributed by atoms with Crippen LogP contribution in [0.5, 0.6) is 5.75 Å². The van der Waals surface area contributed by atoms with Crippen molar-refractivity contribution in [3.63, 3.8) is 0 Å². The monoisotopic (exact) mass is 359 g/mol. The Morgan fingerprint density at radius 3 is 2.63 bits per heavy atom. The zero-order chi connectivity index (χ0) is 13.8. The lowest BCUT2D eigenvalue weighted by Crippen LogP contribution is -2.00. The van der Waals surface area contributed by atoms with Crippen molar-refractivity contribution in [2.45, 2.75) is 18.9 Å². The second-order valence-electron chi connectivity index (χ2n) is 4.07. The van der Waals surface area contributed by atoms with Gasteiger partial charge >= 0.3 is 0 Å². The molecule has 0 spiro atoms. The Balaban J connectivity index is 2.12. The highest BCUT2D eigenvalue weighted by Gasteiger charge is 2.06. The molecule has 0 N–H and O–H groups in total. The number of pyridine rings is 1. The van der Waals surface area contributed by atoms with Crippen LogP contribution in [-0.4, -0.2) is 4.98 Å². The normalized spacial score (nSPS) is 10.5. The molecule has 0 amide bonds. The third-order valence-electron chi connectivity index (χ3n) is 2.58. The standard InChI is InChI=1S/C14H12BrCl2NO/c1-9-2-5-14(13(7-15)18-9)19-8-10-3-4-11(16)12(17)6-10/h2-6H,7-8H2,1H3. The molecule has 0 fully saturated rings. The highest BCUT2D eigenvalue weighted by Crippen LogP contribution is 2.24. The van der Waals surface area contributed by atoms with Gasteiger partial charge in [0.05, 0.1) is 15.7 Å². The third kappa shape index (κ3) is 3.85. The molecule has 0 saturated heterocycles. The van der Waals surface area contributed by atoms with Crippen LogP contribution in [0.15, 0.2) is 30.3 Å². The summed E-state index contributed by atoms with van der Waals surface area (Å²) in [6.45, 7) is 2.39. The van der Waals surface area contributed by atoms with Crippen molar-refractivity contribution in [1.29, 1.82) is 0 Å². The van der Waals surface area contributed by atoms with E-state index in [1.54, 1.807) is 12.1 Å². The van der Waals surface area contributed by atoms with Gasteiger partial charge in [0.15, 0.2) is 0 Å². The number of halogens is 3. The summed E-state index contributed by atoms with van der Waals surface area (Å²) in [5, 5.41) is 1.74. The van der Waals surface area contributed by atoms with Crippen molar-refractivity contribution in [1.82, 2.24) is 4.98 Å². The Morgan fingerprint density at radius 1 is 1.16 bits per heavy atom. The van der Waals surface area contributed by atoms with Gasteiger partial charge in [-0.15, -0.1) is 0 Å². The van der Waals surface area contributed by atoms with Crippen LogP contribution < -0.4 is 4.74 Å². The second kappa shape index (κ2) is 6.60. The zero-order valence-electron chi connectivity index (χ0n) is 10.3.